The van der Waals surface area contributed by atoms with Crippen molar-refractivity contribution in [2.75, 3.05) is 13.2 Å². The van der Waals surface area contributed by atoms with Gasteiger partial charge in [0, 0.05) is 25.1 Å². The van der Waals surface area contributed by atoms with Crippen molar-refractivity contribution in [3.8, 4) is 5.75 Å². The molecule has 2 aliphatic carbocycles. The van der Waals surface area contributed by atoms with E-state index in [-0.39, 0.29) is 5.41 Å². The number of fused-ring (bicyclic) bond motifs is 1. The van der Waals surface area contributed by atoms with Crippen molar-refractivity contribution in [3.63, 3.8) is 0 Å². The predicted octanol–water partition coefficient (Wildman–Crippen LogP) is 11.1. The first-order chi connectivity index (χ1) is 21.8. The SMILES string of the molecule is C=CC(O)(CCCC1=CCCC2C1CCC(C=C)(CCOc1cccc(C(CCC)NC(CC)CCC)c1)C2C)OCC.CC. The molecule has 2 N–H and O–H groups in total. The van der Waals surface area contributed by atoms with Crippen LogP contribution in [0.15, 0.2) is 61.2 Å². The van der Waals surface area contributed by atoms with Crippen LogP contribution in [-0.4, -0.2) is 30.1 Å². The zero-order valence-corrected chi connectivity index (χ0v) is 30.2. The fourth-order valence-electron chi connectivity index (χ4n) is 8.08. The molecule has 0 bridgehead atoms. The molecule has 0 aromatic heterocycles. The van der Waals surface area contributed by atoms with E-state index in [9.17, 15) is 5.11 Å². The Kier molecular flexibility index (Phi) is 17.8. The first-order valence-electron chi connectivity index (χ1n) is 18.6. The van der Waals surface area contributed by atoms with Gasteiger partial charge in [-0.3, -0.25) is 0 Å². The van der Waals surface area contributed by atoms with Gasteiger partial charge >= 0.3 is 0 Å². The zero-order chi connectivity index (χ0) is 33.3. The largest absolute Gasteiger partial charge is 0.494 e. The summed E-state index contributed by atoms with van der Waals surface area (Å²) < 4.78 is 12.0. The highest BCUT2D eigenvalue weighted by molar-refractivity contribution is 5.31. The van der Waals surface area contributed by atoms with Crippen LogP contribution < -0.4 is 10.1 Å². The van der Waals surface area contributed by atoms with E-state index in [0.717, 1.165) is 63.7 Å². The number of hydrogen-bond donors (Lipinski definition) is 2. The summed E-state index contributed by atoms with van der Waals surface area (Å²) in [5.41, 5.74) is 3.05. The molecule has 256 valence electrons. The number of aliphatic hydroxyl groups is 1. The van der Waals surface area contributed by atoms with Gasteiger partial charge in [0.2, 0.25) is 0 Å². The average Bonchev–Trinajstić information content (AvgIpc) is 3.06. The lowest BCUT2D eigenvalue weighted by Gasteiger charge is -2.51. The smallest absolute Gasteiger partial charge is 0.184 e. The summed E-state index contributed by atoms with van der Waals surface area (Å²) >= 11 is 0. The van der Waals surface area contributed by atoms with Gasteiger partial charge in [-0.25, -0.2) is 0 Å². The highest BCUT2D eigenvalue weighted by Crippen LogP contribution is 2.55. The maximum absolute atomic E-state index is 10.6. The van der Waals surface area contributed by atoms with Crippen LogP contribution in [0, 0.1) is 23.2 Å². The second-order valence-corrected chi connectivity index (χ2v) is 13.3. The second-order valence-electron chi connectivity index (χ2n) is 13.3. The third-order valence-electron chi connectivity index (χ3n) is 10.7. The van der Waals surface area contributed by atoms with Gasteiger partial charge in [-0.2, -0.15) is 0 Å². The quantitative estimate of drug-likeness (QED) is 0.112. The highest BCUT2D eigenvalue weighted by atomic mass is 16.6. The maximum Gasteiger partial charge on any atom is 0.184 e. The lowest BCUT2D eigenvalue weighted by molar-refractivity contribution is -0.167. The van der Waals surface area contributed by atoms with Crippen LogP contribution in [0.25, 0.3) is 0 Å². The highest BCUT2D eigenvalue weighted by Gasteiger charge is 2.46. The topological polar surface area (TPSA) is 50.7 Å². The fraction of sp³-hybridized carbons (Fsp3) is 0.707. The van der Waals surface area contributed by atoms with Crippen molar-refractivity contribution < 1.29 is 14.6 Å². The van der Waals surface area contributed by atoms with Gasteiger partial charge in [0.1, 0.15) is 5.75 Å². The molecule has 0 aliphatic heterocycles. The van der Waals surface area contributed by atoms with Gasteiger partial charge in [0.25, 0.3) is 0 Å². The third kappa shape index (κ3) is 11.1. The number of ether oxygens (including phenoxy) is 2. The first-order valence-corrected chi connectivity index (χ1v) is 18.6. The fourth-order valence-corrected chi connectivity index (χ4v) is 8.08. The molecule has 4 heteroatoms. The Morgan fingerprint density at radius 3 is 2.51 bits per heavy atom. The molecule has 1 aromatic rings. The summed E-state index contributed by atoms with van der Waals surface area (Å²) in [6.07, 6.45) is 20.5. The molecule has 1 saturated carbocycles. The van der Waals surface area contributed by atoms with E-state index in [4.69, 9.17) is 9.47 Å². The summed E-state index contributed by atoms with van der Waals surface area (Å²) in [7, 11) is 0. The molecule has 1 fully saturated rings. The standard InChI is InChI=1S/C39H63NO3.C2H6/c1-8-17-33(10-3)40-37(18-9-2)32-20-14-22-34(29-32)42-28-27-38(11-4)26-24-36-31(19-15-23-35(36)30(38)7)21-16-25-39(41,12-5)43-13-6;1-2/h11-12,14,19-20,22,29-30,33,35-37,40-41H,4-5,8-10,13,15-18,21,23-28H2,1-3,6-7H3;1-2H3. The molecule has 7 atom stereocenters. The van der Waals surface area contributed by atoms with Crippen molar-refractivity contribution in [2.45, 2.75) is 150 Å². The van der Waals surface area contributed by atoms with Gasteiger partial charge in [-0.1, -0.05) is 90.8 Å². The molecular formula is C41H69NO3. The van der Waals surface area contributed by atoms with E-state index in [2.05, 4.69) is 82.6 Å². The first kappa shape index (κ1) is 39.3. The van der Waals surface area contributed by atoms with Crippen LogP contribution >= 0.6 is 0 Å². The Bertz CT molecular complexity index is 1020. The molecule has 3 rings (SSSR count). The Hall–Kier alpha value is -1.88. The van der Waals surface area contributed by atoms with E-state index in [1.807, 2.05) is 20.8 Å². The minimum atomic E-state index is -1.21. The van der Waals surface area contributed by atoms with E-state index in [1.165, 1.54) is 31.2 Å². The van der Waals surface area contributed by atoms with E-state index < -0.39 is 5.79 Å². The number of nitrogens with one attached hydrogen (secondary N) is 1. The van der Waals surface area contributed by atoms with Crippen LogP contribution in [0.4, 0.5) is 0 Å². The Labute approximate surface area is 278 Å². The van der Waals surface area contributed by atoms with Crippen LogP contribution in [0.1, 0.15) is 144 Å². The van der Waals surface area contributed by atoms with Crippen LogP contribution in [-0.2, 0) is 4.74 Å². The minimum absolute atomic E-state index is 0.111. The molecule has 45 heavy (non-hydrogen) atoms. The van der Waals surface area contributed by atoms with Crippen LogP contribution in [0.2, 0.25) is 0 Å². The monoisotopic (exact) mass is 624 g/mol. The number of rotatable bonds is 20. The molecule has 1 aromatic carbocycles. The summed E-state index contributed by atoms with van der Waals surface area (Å²) in [6.45, 7) is 24.6. The van der Waals surface area contributed by atoms with Gasteiger partial charge in [0.15, 0.2) is 5.79 Å². The minimum Gasteiger partial charge on any atom is -0.494 e. The van der Waals surface area contributed by atoms with Crippen LogP contribution in [0.3, 0.4) is 0 Å². The van der Waals surface area contributed by atoms with Gasteiger partial charge in [-0.15, -0.1) is 6.58 Å². The van der Waals surface area contributed by atoms with E-state index in [1.54, 1.807) is 11.6 Å². The number of hydrogen-bond acceptors (Lipinski definition) is 4. The molecule has 7 unspecified atom stereocenters. The number of benzene rings is 1. The molecule has 4 nitrogen and oxygen atoms in total. The van der Waals surface area contributed by atoms with Gasteiger partial charge < -0.3 is 19.9 Å². The zero-order valence-electron chi connectivity index (χ0n) is 30.2. The van der Waals surface area contributed by atoms with E-state index in [0.29, 0.717) is 42.9 Å². The third-order valence-corrected chi connectivity index (χ3v) is 10.7. The molecular weight excluding hydrogens is 554 g/mol. The Morgan fingerprint density at radius 2 is 1.87 bits per heavy atom. The summed E-state index contributed by atoms with van der Waals surface area (Å²) in [6, 6.07) is 9.75. The maximum atomic E-state index is 10.6. The van der Waals surface area contributed by atoms with Crippen molar-refractivity contribution in [2.24, 2.45) is 23.2 Å². The summed E-state index contributed by atoms with van der Waals surface area (Å²) in [5, 5.41) is 14.6. The molecule has 0 radical (unpaired) electrons. The van der Waals surface area contributed by atoms with Crippen molar-refractivity contribution in [3.05, 3.63) is 66.8 Å². The average molecular weight is 624 g/mol. The normalized spacial score (nSPS) is 25.4. The summed E-state index contributed by atoms with van der Waals surface area (Å²) in [5.74, 6) is 1.66. The van der Waals surface area contributed by atoms with E-state index >= 15 is 0 Å². The van der Waals surface area contributed by atoms with Crippen molar-refractivity contribution in [1.29, 1.82) is 0 Å². The second kappa shape index (κ2) is 20.4. The number of allylic oxidation sites excluding steroid dienone is 3. The molecule has 0 amide bonds. The molecule has 0 saturated heterocycles. The van der Waals surface area contributed by atoms with Crippen molar-refractivity contribution >= 4 is 0 Å². The lowest BCUT2D eigenvalue weighted by Crippen LogP contribution is -2.43. The Morgan fingerprint density at radius 1 is 1.11 bits per heavy atom. The summed E-state index contributed by atoms with van der Waals surface area (Å²) in [4.78, 5) is 0. The van der Waals surface area contributed by atoms with Crippen molar-refractivity contribution in [1.82, 2.24) is 5.32 Å². The molecule has 0 heterocycles. The predicted molar refractivity (Wildman–Crippen MR) is 194 cm³/mol. The molecule has 0 spiro atoms. The van der Waals surface area contributed by atoms with Gasteiger partial charge in [-0.05, 0) is 118 Å². The Balaban J connectivity index is 0.00000345. The lowest BCUT2D eigenvalue weighted by atomic mass is 9.54. The molecule has 2 aliphatic rings. The van der Waals surface area contributed by atoms with Gasteiger partial charge in [0.05, 0.1) is 6.61 Å². The van der Waals surface area contributed by atoms with Crippen LogP contribution in [0.5, 0.6) is 5.75 Å².